The monoisotopic (exact) mass is 664 g/mol. The van der Waals surface area contributed by atoms with Crippen LogP contribution in [0.4, 0.5) is 4.79 Å². The number of benzene rings is 4. The fourth-order valence-electron chi connectivity index (χ4n) is 6.55. The molecule has 0 radical (unpaired) electrons. The first kappa shape index (κ1) is 34.2. The number of carbonyl (C=O) groups excluding carboxylic acids is 1. The van der Waals surface area contributed by atoms with Crippen molar-refractivity contribution in [1.29, 1.82) is 0 Å². The third kappa shape index (κ3) is 8.32. The van der Waals surface area contributed by atoms with Gasteiger partial charge in [0.25, 0.3) is 0 Å². The Morgan fingerprint density at radius 1 is 0.959 bits per heavy atom. The highest BCUT2D eigenvalue weighted by molar-refractivity contribution is 5.70. The molecule has 0 unspecified atom stereocenters. The number of aliphatic hydroxyl groups excluding tert-OH is 1. The van der Waals surface area contributed by atoms with Gasteiger partial charge in [-0.15, -0.1) is 0 Å². The molecule has 256 valence electrons. The maximum absolute atomic E-state index is 12.0. The molecular weight excluding hydrogens is 620 g/mol. The van der Waals surface area contributed by atoms with Gasteiger partial charge >= 0.3 is 6.09 Å². The number of nitrogens with one attached hydrogen (secondary N) is 1. The van der Waals surface area contributed by atoms with E-state index in [9.17, 15) is 9.90 Å². The Bertz CT molecular complexity index is 1720. The lowest BCUT2D eigenvalue weighted by molar-refractivity contribution is -0.253. The zero-order valence-corrected chi connectivity index (χ0v) is 28.1. The van der Waals surface area contributed by atoms with Crippen LogP contribution in [0.15, 0.2) is 97.6 Å². The minimum atomic E-state index is -0.562. The first-order valence-corrected chi connectivity index (χ1v) is 16.6. The predicted molar refractivity (Wildman–Crippen MR) is 187 cm³/mol. The van der Waals surface area contributed by atoms with Crippen molar-refractivity contribution in [2.24, 2.45) is 0 Å². The quantitative estimate of drug-likeness (QED) is 0.158. The molecule has 0 spiro atoms. The highest BCUT2D eigenvalue weighted by Crippen LogP contribution is 2.40. The molecule has 1 saturated heterocycles. The summed E-state index contributed by atoms with van der Waals surface area (Å²) in [4.78, 5) is 14.5. The van der Waals surface area contributed by atoms with Crippen LogP contribution in [0.5, 0.6) is 11.5 Å². The second kappa shape index (κ2) is 16.2. The van der Waals surface area contributed by atoms with Crippen molar-refractivity contribution < 1.29 is 33.6 Å². The maximum atomic E-state index is 12.0. The largest absolute Gasteiger partial charge is 0.493 e. The minimum Gasteiger partial charge on any atom is -0.493 e. The summed E-state index contributed by atoms with van der Waals surface area (Å²) < 4.78 is 29.5. The van der Waals surface area contributed by atoms with Gasteiger partial charge in [0, 0.05) is 38.2 Å². The summed E-state index contributed by atoms with van der Waals surface area (Å²) in [6.07, 6.45) is 1.86. The lowest BCUT2D eigenvalue weighted by Crippen LogP contribution is -2.41. The summed E-state index contributed by atoms with van der Waals surface area (Å²) in [6.45, 7) is 6.54. The van der Waals surface area contributed by atoms with E-state index in [-0.39, 0.29) is 25.4 Å². The van der Waals surface area contributed by atoms with Crippen molar-refractivity contribution in [2.75, 3.05) is 33.9 Å². The summed E-state index contributed by atoms with van der Waals surface area (Å²) in [5, 5.41) is 12.4. The highest BCUT2D eigenvalue weighted by atomic mass is 16.7. The van der Waals surface area contributed by atoms with Gasteiger partial charge < -0.3 is 34.1 Å². The second-order valence-electron chi connectivity index (χ2n) is 12.3. The van der Waals surface area contributed by atoms with Gasteiger partial charge in [-0.3, -0.25) is 4.90 Å². The zero-order chi connectivity index (χ0) is 34.2. The third-order valence-corrected chi connectivity index (χ3v) is 9.14. The first-order valence-electron chi connectivity index (χ1n) is 16.6. The third-order valence-electron chi connectivity index (χ3n) is 9.14. The molecule has 0 aromatic heterocycles. The van der Waals surface area contributed by atoms with Gasteiger partial charge in [0.2, 0.25) is 0 Å². The van der Waals surface area contributed by atoms with Gasteiger partial charge in [-0.25, -0.2) is 4.79 Å². The number of carbonyl (C=O) groups is 1. The first-order chi connectivity index (χ1) is 24.0. The number of amides is 1. The molecule has 2 N–H and O–H groups in total. The number of fused-ring (bicyclic) bond motifs is 1. The Hall–Kier alpha value is -4.67. The highest BCUT2D eigenvalue weighted by Gasteiger charge is 2.34. The average Bonchev–Trinajstić information content (AvgIpc) is 3.15. The Labute approximate surface area is 288 Å². The Morgan fingerprint density at radius 2 is 1.67 bits per heavy atom. The summed E-state index contributed by atoms with van der Waals surface area (Å²) in [5.74, 6) is 1.50. The minimum absolute atomic E-state index is 0.00179. The van der Waals surface area contributed by atoms with Crippen LogP contribution >= 0.6 is 0 Å². The molecule has 1 amide bonds. The SMILES string of the molecule is C=CCOC(=O)NCc1ccccc1-c1ccc([C@H]2O[C@@H](CN3CCc4cc(OC)c(OC)cc4C3)C[C@@H](c3ccc(CO)cc3)O2)cc1. The van der Waals surface area contributed by atoms with E-state index >= 15 is 0 Å². The van der Waals surface area contributed by atoms with E-state index in [4.69, 9.17) is 23.7 Å². The molecule has 2 heterocycles. The van der Waals surface area contributed by atoms with E-state index in [0.29, 0.717) is 13.0 Å². The summed E-state index contributed by atoms with van der Waals surface area (Å²) >= 11 is 0. The smallest absolute Gasteiger partial charge is 0.407 e. The van der Waals surface area contributed by atoms with E-state index in [2.05, 4.69) is 41.1 Å². The molecule has 4 aromatic rings. The second-order valence-corrected chi connectivity index (χ2v) is 12.3. The van der Waals surface area contributed by atoms with E-state index in [1.807, 2.05) is 60.7 Å². The molecule has 2 aliphatic heterocycles. The van der Waals surface area contributed by atoms with E-state index in [1.165, 1.54) is 17.2 Å². The molecule has 49 heavy (non-hydrogen) atoms. The normalized spacial score (nSPS) is 19.0. The number of ether oxygens (including phenoxy) is 5. The molecule has 3 atom stereocenters. The van der Waals surface area contributed by atoms with Gasteiger partial charge in [0.15, 0.2) is 17.8 Å². The fraction of sp³-hybridized carbons (Fsp3) is 0.325. The Kier molecular flexibility index (Phi) is 11.3. The fourth-order valence-corrected chi connectivity index (χ4v) is 6.55. The Balaban J connectivity index is 1.20. The number of aliphatic hydroxyl groups is 1. The van der Waals surface area contributed by atoms with Crippen molar-refractivity contribution >= 4 is 6.09 Å². The summed E-state index contributed by atoms with van der Waals surface area (Å²) in [5.41, 5.74) is 8.38. The number of rotatable bonds is 12. The topological polar surface area (TPSA) is 98.7 Å². The van der Waals surface area contributed by atoms with Gasteiger partial charge in [0.1, 0.15) is 6.61 Å². The predicted octanol–water partition coefficient (Wildman–Crippen LogP) is 6.88. The van der Waals surface area contributed by atoms with E-state index in [0.717, 1.165) is 70.9 Å². The Morgan fingerprint density at radius 3 is 2.39 bits per heavy atom. The van der Waals surface area contributed by atoms with Crippen LogP contribution in [-0.4, -0.2) is 56.1 Å². The molecule has 1 fully saturated rings. The van der Waals surface area contributed by atoms with Crippen LogP contribution in [-0.2, 0) is 40.3 Å². The number of nitrogens with zero attached hydrogens (tertiary/aromatic N) is 1. The molecular formula is C40H44N2O7. The number of hydrogen-bond donors (Lipinski definition) is 2. The van der Waals surface area contributed by atoms with Crippen LogP contribution < -0.4 is 14.8 Å². The summed E-state index contributed by atoms with van der Waals surface area (Å²) in [6, 6.07) is 28.3. The number of alkyl carbamates (subject to hydrolysis) is 1. The lowest BCUT2D eigenvalue weighted by atomic mass is 9.96. The standard InChI is InChI=1S/C40H44N2O7/c1-4-19-47-40(44)41-23-32-7-5-6-8-35(32)28-13-15-30(16-14-28)39-48-34(22-36(49-39)29-11-9-27(26-43)10-12-29)25-42-18-17-31-20-37(45-2)38(46-3)21-33(31)24-42/h4-16,20-21,34,36,39,43H,1,17-19,22-26H2,2-3H3,(H,41,44)/t34-,36+,39+/m1/s1. The van der Waals surface area contributed by atoms with Gasteiger partial charge in [-0.2, -0.15) is 0 Å². The molecule has 9 nitrogen and oxygen atoms in total. The number of methoxy groups -OCH3 is 2. The van der Waals surface area contributed by atoms with Crippen LogP contribution in [0.3, 0.4) is 0 Å². The van der Waals surface area contributed by atoms with Crippen LogP contribution in [0.2, 0.25) is 0 Å². The molecule has 6 rings (SSSR count). The van der Waals surface area contributed by atoms with Gasteiger partial charge in [-0.1, -0.05) is 85.5 Å². The van der Waals surface area contributed by atoms with Crippen molar-refractivity contribution in [3.8, 4) is 22.6 Å². The van der Waals surface area contributed by atoms with Crippen molar-refractivity contribution in [1.82, 2.24) is 10.2 Å². The number of hydrogen-bond acceptors (Lipinski definition) is 8. The lowest BCUT2D eigenvalue weighted by Gasteiger charge is -2.39. The van der Waals surface area contributed by atoms with Crippen LogP contribution in [0.1, 0.15) is 52.2 Å². The van der Waals surface area contributed by atoms with Crippen molar-refractivity contribution in [3.05, 3.63) is 131 Å². The zero-order valence-electron chi connectivity index (χ0n) is 28.1. The molecule has 0 saturated carbocycles. The van der Waals surface area contributed by atoms with Crippen LogP contribution in [0, 0.1) is 0 Å². The van der Waals surface area contributed by atoms with Gasteiger partial charge in [0.05, 0.1) is 33.0 Å². The molecule has 0 bridgehead atoms. The van der Waals surface area contributed by atoms with E-state index < -0.39 is 12.4 Å². The van der Waals surface area contributed by atoms with Crippen molar-refractivity contribution in [2.45, 2.75) is 51.0 Å². The average molecular weight is 665 g/mol. The van der Waals surface area contributed by atoms with Crippen LogP contribution in [0.25, 0.3) is 11.1 Å². The molecule has 4 aromatic carbocycles. The molecule has 2 aliphatic rings. The van der Waals surface area contributed by atoms with Gasteiger partial charge in [-0.05, 0) is 57.5 Å². The molecule has 0 aliphatic carbocycles. The summed E-state index contributed by atoms with van der Waals surface area (Å²) in [7, 11) is 3.34. The van der Waals surface area contributed by atoms with Crippen molar-refractivity contribution in [3.63, 3.8) is 0 Å². The maximum Gasteiger partial charge on any atom is 0.407 e. The molecule has 9 heteroatoms. The van der Waals surface area contributed by atoms with E-state index in [1.54, 1.807) is 14.2 Å².